The van der Waals surface area contributed by atoms with Gasteiger partial charge in [-0.3, -0.25) is 4.90 Å². The summed E-state index contributed by atoms with van der Waals surface area (Å²) in [4.78, 5) is 14.3. The second-order valence-electron chi connectivity index (χ2n) is 6.34. The van der Waals surface area contributed by atoms with Gasteiger partial charge in [0.15, 0.2) is 0 Å². The maximum absolute atomic E-state index is 12.5. The summed E-state index contributed by atoms with van der Waals surface area (Å²) in [5.41, 5.74) is 0.530. The van der Waals surface area contributed by atoms with Gasteiger partial charge >= 0.3 is 6.09 Å². The zero-order valence-corrected chi connectivity index (χ0v) is 13.6. The van der Waals surface area contributed by atoms with Crippen LogP contribution in [0.25, 0.3) is 0 Å². The van der Waals surface area contributed by atoms with Crippen LogP contribution in [-0.4, -0.2) is 22.6 Å². The highest BCUT2D eigenvalue weighted by Crippen LogP contribution is 2.38. The Morgan fingerprint density at radius 3 is 2.71 bits per heavy atom. The largest absolute Gasteiger partial charge is 0.444 e. The van der Waals surface area contributed by atoms with Crippen LogP contribution in [-0.2, 0) is 4.74 Å². The van der Waals surface area contributed by atoms with E-state index in [4.69, 9.17) is 16.3 Å². The van der Waals surface area contributed by atoms with Gasteiger partial charge in [0, 0.05) is 5.02 Å². The molecular weight excluding hydrogens is 286 g/mol. The summed E-state index contributed by atoms with van der Waals surface area (Å²) in [6, 6.07) is 7.65. The predicted octanol–water partition coefficient (Wildman–Crippen LogP) is 4.97. The van der Waals surface area contributed by atoms with Crippen LogP contribution in [0.3, 0.4) is 0 Å². The molecule has 1 fully saturated rings. The summed E-state index contributed by atoms with van der Waals surface area (Å²) in [6.07, 6.45) is 3.29. The number of amides is 1. The fourth-order valence-corrected chi connectivity index (χ4v) is 2.89. The number of ether oxygens (including phenoxy) is 1. The highest BCUT2D eigenvalue weighted by Gasteiger charge is 2.38. The number of hydrogen-bond acceptors (Lipinski definition) is 2. The maximum atomic E-state index is 12.5. The first-order valence-electron chi connectivity index (χ1n) is 7.21. The van der Waals surface area contributed by atoms with E-state index in [-0.39, 0.29) is 18.2 Å². The Morgan fingerprint density at radius 2 is 2.14 bits per heavy atom. The van der Waals surface area contributed by atoms with Crippen LogP contribution in [0.4, 0.5) is 4.79 Å². The normalized spacial score (nSPS) is 22.2. The summed E-state index contributed by atoms with van der Waals surface area (Å²) in [5, 5.41) is 0.679. The van der Waals surface area contributed by atoms with Crippen LogP contribution in [0.5, 0.6) is 0 Å². The van der Waals surface area contributed by atoms with Crippen LogP contribution in [0.2, 0.25) is 5.02 Å². The molecule has 0 aromatic heterocycles. The summed E-state index contributed by atoms with van der Waals surface area (Å²) in [7, 11) is 0. The van der Waals surface area contributed by atoms with E-state index in [1.165, 1.54) is 0 Å². The second kappa shape index (κ2) is 6.10. The monoisotopic (exact) mass is 307 g/mol. The fourth-order valence-electron chi connectivity index (χ4n) is 2.69. The van der Waals surface area contributed by atoms with Gasteiger partial charge in [0.1, 0.15) is 5.60 Å². The number of rotatable bonds is 2. The molecule has 0 N–H and O–H groups in total. The number of halogens is 1. The Hall–Kier alpha value is -1.48. The van der Waals surface area contributed by atoms with Crippen LogP contribution >= 0.6 is 11.6 Å². The highest BCUT2D eigenvalue weighted by atomic mass is 35.5. The standard InChI is InChI=1S/C17H22ClNO2/c1-5-14-9-10-15(12-7-6-8-13(18)11-12)19(14)16(20)21-17(2,3)4/h5-8,11,14-15H,1,9-10H2,2-4H3/t14-,15-/m0/s1. The second-order valence-corrected chi connectivity index (χ2v) is 6.78. The Labute approximate surface area is 131 Å². The first-order valence-corrected chi connectivity index (χ1v) is 7.59. The van der Waals surface area contributed by atoms with Crippen LogP contribution in [0.1, 0.15) is 45.2 Å². The average molecular weight is 308 g/mol. The molecule has 4 heteroatoms. The molecule has 0 saturated carbocycles. The lowest BCUT2D eigenvalue weighted by Gasteiger charge is -2.31. The Morgan fingerprint density at radius 1 is 1.43 bits per heavy atom. The number of hydrogen-bond donors (Lipinski definition) is 0. The topological polar surface area (TPSA) is 29.5 Å². The molecule has 21 heavy (non-hydrogen) atoms. The summed E-state index contributed by atoms with van der Waals surface area (Å²) < 4.78 is 5.54. The van der Waals surface area contributed by atoms with Gasteiger partial charge < -0.3 is 4.74 Å². The minimum atomic E-state index is -0.510. The van der Waals surface area contributed by atoms with Gasteiger partial charge in [-0.1, -0.05) is 29.8 Å². The summed E-state index contributed by atoms with van der Waals surface area (Å²) in [5.74, 6) is 0. The number of carbonyl (C=O) groups excluding carboxylic acids is 1. The SMILES string of the molecule is C=C[C@H]1CC[C@@H](c2cccc(Cl)c2)N1C(=O)OC(C)(C)C. The van der Waals surface area contributed by atoms with Crippen LogP contribution in [0, 0.1) is 0 Å². The van der Waals surface area contributed by atoms with E-state index in [0.29, 0.717) is 5.02 Å². The molecule has 0 radical (unpaired) electrons. The summed E-state index contributed by atoms with van der Waals surface area (Å²) in [6.45, 7) is 9.46. The van der Waals surface area contributed by atoms with Gasteiger partial charge in [-0.25, -0.2) is 4.79 Å². The molecule has 0 unspecified atom stereocenters. The highest BCUT2D eigenvalue weighted by molar-refractivity contribution is 6.30. The van der Waals surface area contributed by atoms with Crippen molar-refractivity contribution in [3.8, 4) is 0 Å². The molecule has 1 aliphatic rings. The van der Waals surface area contributed by atoms with Crippen LogP contribution in [0.15, 0.2) is 36.9 Å². The van der Waals surface area contributed by atoms with Crippen molar-refractivity contribution >= 4 is 17.7 Å². The molecule has 0 aliphatic carbocycles. The van der Waals surface area contributed by atoms with E-state index < -0.39 is 5.60 Å². The van der Waals surface area contributed by atoms with Crippen molar-refractivity contribution < 1.29 is 9.53 Å². The number of nitrogens with zero attached hydrogens (tertiary/aromatic N) is 1. The molecule has 2 rings (SSSR count). The van der Waals surface area contributed by atoms with E-state index in [1.54, 1.807) is 4.90 Å². The Bertz CT molecular complexity index is 536. The molecule has 1 aliphatic heterocycles. The van der Waals surface area contributed by atoms with E-state index >= 15 is 0 Å². The maximum Gasteiger partial charge on any atom is 0.411 e. The Kier molecular flexibility index (Phi) is 4.62. The van der Waals surface area contributed by atoms with Crippen molar-refractivity contribution in [3.63, 3.8) is 0 Å². The number of benzene rings is 1. The predicted molar refractivity (Wildman–Crippen MR) is 85.5 cm³/mol. The van der Waals surface area contributed by atoms with Gasteiger partial charge in [0.05, 0.1) is 12.1 Å². The van der Waals surface area contributed by atoms with Gasteiger partial charge in [0.2, 0.25) is 0 Å². The van der Waals surface area contributed by atoms with E-state index in [1.807, 2.05) is 51.1 Å². The number of likely N-dealkylation sites (tertiary alicyclic amines) is 1. The van der Waals surface area contributed by atoms with Gasteiger partial charge in [-0.15, -0.1) is 6.58 Å². The molecule has 3 nitrogen and oxygen atoms in total. The molecule has 0 spiro atoms. The van der Waals surface area contributed by atoms with E-state index in [0.717, 1.165) is 18.4 Å². The minimum absolute atomic E-state index is 0.00355. The molecule has 0 bridgehead atoms. The molecule has 2 atom stereocenters. The molecule has 1 aromatic carbocycles. The van der Waals surface area contributed by atoms with Crippen molar-refractivity contribution in [2.75, 3.05) is 0 Å². The minimum Gasteiger partial charge on any atom is -0.444 e. The summed E-state index contributed by atoms with van der Waals surface area (Å²) >= 11 is 6.07. The lowest BCUT2D eigenvalue weighted by Crippen LogP contribution is -2.40. The van der Waals surface area contributed by atoms with Crippen molar-refractivity contribution in [1.29, 1.82) is 0 Å². The quantitative estimate of drug-likeness (QED) is 0.722. The van der Waals surface area contributed by atoms with Gasteiger partial charge in [0.25, 0.3) is 0 Å². The van der Waals surface area contributed by atoms with Gasteiger partial charge in [-0.2, -0.15) is 0 Å². The van der Waals surface area contributed by atoms with Crippen molar-refractivity contribution in [3.05, 3.63) is 47.5 Å². The van der Waals surface area contributed by atoms with Crippen molar-refractivity contribution in [2.45, 2.75) is 51.3 Å². The molecule has 114 valence electrons. The zero-order valence-electron chi connectivity index (χ0n) is 12.8. The molecule has 1 heterocycles. The fraction of sp³-hybridized carbons (Fsp3) is 0.471. The molecule has 1 saturated heterocycles. The van der Waals surface area contributed by atoms with Crippen molar-refractivity contribution in [1.82, 2.24) is 4.90 Å². The first kappa shape index (κ1) is 15.9. The average Bonchev–Trinajstić information content (AvgIpc) is 2.80. The Balaban J connectivity index is 2.28. The van der Waals surface area contributed by atoms with Crippen LogP contribution < -0.4 is 0 Å². The lowest BCUT2D eigenvalue weighted by atomic mass is 10.0. The third-order valence-electron chi connectivity index (χ3n) is 3.54. The van der Waals surface area contributed by atoms with E-state index in [9.17, 15) is 4.79 Å². The lowest BCUT2D eigenvalue weighted by molar-refractivity contribution is 0.0178. The van der Waals surface area contributed by atoms with E-state index in [2.05, 4.69) is 6.58 Å². The van der Waals surface area contributed by atoms with Gasteiger partial charge in [-0.05, 0) is 51.3 Å². The third kappa shape index (κ3) is 3.79. The van der Waals surface area contributed by atoms with Crippen molar-refractivity contribution in [2.24, 2.45) is 0 Å². The zero-order chi connectivity index (χ0) is 15.6. The number of carbonyl (C=O) groups is 1. The smallest absolute Gasteiger partial charge is 0.411 e. The molecular formula is C17H22ClNO2. The molecule has 1 amide bonds. The third-order valence-corrected chi connectivity index (χ3v) is 3.77. The molecule has 1 aromatic rings. The first-order chi connectivity index (χ1) is 9.81.